The van der Waals surface area contributed by atoms with Gasteiger partial charge in [0, 0.05) is 19.1 Å². The van der Waals surface area contributed by atoms with Crippen LogP contribution in [0.25, 0.3) is 0 Å². The standard InChI is InChI=1S/C14H19ClN2O2/c15-12-5-1-2-6-13(12)19-9-7-14(18)17-8-3-4-11(17)10-16/h1-2,5-6,11H,3-4,7-10,16H2. The topological polar surface area (TPSA) is 55.6 Å². The van der Waals surface area contributed by atoms with Gasteiger partial charge in [-0.3, -0.25) is 4.79 Å². The summed E-state index contributed by atoms with van der Waals surface area (Å²) in [5.74, 6) is 0.730. The SMILES string of the molecule is NCC1CCCN1C(=O)CCOc1ccccc1Cl. The molecule has 1 heterocycles. The van der Waals surface area contributed by atoms with Crippen LogP contribution in [0.2, 0.25) is 5.02 Å². The van der Waals surface area contributed by atoms with Crippen molar-refractivity contribution < 1.29 is 9.53 Å². The van der Waals surface area contributed by atoms with Crippen LogP contribution in [-0.2, 0) is 4.79 Å². The number of carbonyl (C=O) groups is 1. The molecule has 104 valence electrons. The van der Waals surface area contributed by atoms with Gasteiger partial charge >= 0.3 is 0 Å². The highest BCUT2D eigenvalue weighted by atomic mass is 35.5. The number of carbonyl (C=O) groups excluding carboxylic acids is 1. The highest BCUT2D eigenvalue weighted by Crippen LogP contribution is 2.23. The van der Waals surface area contributed by atoms with Crippen LogP contribution in [0.5, 0.6) is 5.75 Å². The quantitative estimate of drug-likeness (QED) is 0.899. The molecule has 1 aliphatic heterocycles. The molecule has 1 unspecified atom stereocenters. The Kier molecular flexibility index (Phi) is 5.05. The summed E-state index contributed by atoms with van der Waals surface area (Å²) in [6.07, 6.45) is 2.41. The third-order valence-corrected chi connectivity index (χ3v) is 3.69. The second kappa shape index (κ2) is 6.78. The van der Waals surface area contributed by atoms with Crippen molar-refractivity contribution in [2.75, 3.05) is 19.7 Å². The maximum absolute atomic E-state index is 12.0. The van der Waals surface area contributed by atoms with E-state index in [1.54, 1.807) is 12.1 Å². The van der Waals surface area contributed by atoms with Gasteiger partial charge in [-0.25, -0.2) is 0 Å². The van der Waals surface area contributed by atoms with E-state index in [-0.39, 0.29) is 11.9 Å². The number of nitrogens with zero attached hydrogens (tertiary/aromatic N) is 1. The number of para-hydroxylation sites is 1. The number of likely N-dealkylation sites (tertiary alicyclic amines) is 1. The molecular formula is C14H19ClN2O2. The minimum absolute atomic E-state index is 0.111. The van der Waals surface area contributed by atoms with Crippen molar-refractivity contribution in [3.63, 3.8) is 0 Å². The van der Waals surface area contributed by atoms with E-state index >= 15 is 0 Å². The Balaban J connectivity index is 1.80. The van der Waals surface area contributed by atoms with Gasteiger partial charge in [-0.05, 0) is 25.0 Å². The molecule has 0 radical (unpaired) electrons. The molecular weight excluding hydrogens is 264 g/mol. The molecule has 1 aromatic rings. The molecule has 0 saturated carbocycles. The lowest BCUT2D eigenvalue weighted by Crippen LogP contribution is -2.40. The van der Waals surface area contributed by atoms with Gasteiger partial charge in [0.1, 0.15) is 5.75 Å². The van der Waals surface area contributed by atoms with E-state index in [4.69, 9.17) is 22.1 Å². The lowest BCUT2D eigenvalue weighted by molar-refractivity contribution is -0.132. The Bertz CT molecular complexity index is 439. The van der Waals surface area contributed by atoms with Crippen LogP contribution >= 0.6 is 11.6 Å². The summed E-state index contributed by atoms with van der Waals surface area (Å²) in [6.45, 7) is 1.69. The third-order valence-electron chi connectivity index (χ3n) is 3.38. The largest absolute Gasteiger partial charge is 0.491 e. The molecule has 1 saturated heterocycles. The van der Waals surface area contributed by atoms with Crippen LogP contribution in [0.15, 0.2) is 24.3 Å². The van der Waals surface area contributed by atoms with Crippen LogP contribution in [0.1, 0.15) is 19.3 Å². The summed E-state index contributed by atoms with van der Waals surface area (Å²) >= 11 is 5.98. The summed E-state index contributed by atoms with van der Waals surface area (Å²) in [5.41, 5.74) is 5.66. The van der Waals surface area contributed by atoms with Crippen molar-refractivity contribution in [1.82, 2.24) is 4.90 Å². The fourth-order valence-electron chi connectivity index (χ4n) is 2.36. The van der Waals surface area contributed by atoms with Crippen molar-refractivity contribution in [2.24, 2.45) is 5.73 Å². The van der Waals surface area contributed by atoms with E-state index in [9.17, 15) is 4.79 Å². The molecule has 5 heteroatoms. The maximum Gasteiger partial charge on any atom is 0.226 e. The molecule has 0 aromatic heterocycles. The minimum atomic E-state index is 0.111. The smallest absolute Gasteiger partial charge is 0.226 e. The number of benzene rings is 1. The van der Waals surface area contributed by atoms with E-state index < -0.39 is 0 Å². The predicted molar refractivity (Wildman–Crippen MR) is 75.4 cm³/mol. The number of hydrogen-bond acceptors (Lipinski definition) is 3. The molecule has 19 heavy (non-hydrogen) atoms. The summed E-state index contributed by atoms with van der Waals surface area (Å²) in [7, 11) is 0. The highest BCUT2D eigenvalue weighted by Gasteiger charge is 2.26. The first-order chi connectivity index (χ1) is 9.22. The molecule has 2 rings (SSSR count). The van der Waals surface area contributed by atoms with E-state index in [0.29, 0.717) is 30.3 Å². The van der Waals surface area contributed by atoms with Gasteiger partial charge < -0.3 is 15.4 Å². The molecule has 1 fully saturated rings. The Morgan fingerprint density at radius 3 is 3.00 bits per heavy atom. The Morgan fingerprint density at radius 1 is 1.47 bits per heavy atom. The number of amides is 1. The molecule has 0 spiro atoms. The number of hydrogen-bond donors (Lipinski definition) is 1. The Morgan fingerprint density at radius 2 is 2.26 bits per heavy atom. The van der Waals surface area contributed by atoms with Gasteiger partial charge in [0.25, 0.3) is 0 Å². The molecule has 4 nitrogen and oxygen atoms in total. The van der Waals surface area contributed by atoms with Crippen LogP contribution in [0.4, 0.5) is 0 Å². The van der Waals surface area contributed by atoms with E-state index in [1.807, 2.05) is 17.0 Å². The molecule has 1 aromatic carbocycles. The summed E-state index contributed by atoms with van der Waals surface area (Å²) < 4.78 is 5.53. The predicted octanol–water partition coefficient (Wildman–Crippen LogP) is 2.06. The molecule has 2 N–H and O–H groups in total. The van der Waals surface area contributed by atoms with Crippen LogP contribution < -0.4 is 10.5 Å². The van der Waals surface area contributed by atoms with E-state index in [0.717, 1.165) is 19.4 Å². The summed E-state index contributed by atoms with van der Waals surface area (Å²) in [5, 5.41) is 0.566. The van der Waals surface area contributed by atoms with Gasteiger partial charge in [-0.1, -0.05) is 23.7 Å². The third kappa shape index (κ3) is 3.61. The number of rotatable bonds is 5. The number of halogens is 1. The average molecular weight is 283 g/mol. The van der Waals surface area contributed by atoms with Crippen LogP contribution in [0, 0.1) is 0 Å². The van der Waals surface area contributed by atoms with Gasteiger partial charge in [-0.15, -0.1) is 0 Å². The van der Waals surface area contributed by atoms with Crippen LogP contribution in [0.3, 0.4) is 0 Å². The molecule has 1 amide bonds. The first-order valence-corrected chi connectivity index (χ1v) is 6.97. The highest BCUT2D eigenvalue weighted by molar-refractivity contribution is 6.32. The molecule has 1 aliphatic rings. The van der Waals surface area contributed by atoms with Crippen molar-refractivity contribution in [3.8, 4) is 5.75 Å². The number of nitrogens with two attached hydrogens (primary N) is 1. The van der Waals surface area contributed by atoms with E-state index in [1.165, 1.54) is 0 Å². The monoisotopic (exact) mass is 282 g/mol. The van der Waals surface area contributed by atoms with Crippen molar-refractivity contribution in [3.05, 3.63) is 29.3 Å². The van der Waals surface area contributed by atoms with Gasteiger partial charge in [0.05, 0.1) is 18.1 Å². The van der Waals surface area contributed by atoms with Crippen molar-refractivity contribution >= 4 is 17.5 Å². The first kappa shape index (κ1) is 14.2. The lowest BCUT2D eigenvalue weighted by atomic mass is 10.2. The van der Waals surface area contributed by atoms with Crippen molar-refractivity contribution in [1.29, 1.82) is 0 Å². The average Bonchev–Trinajstić information content (AvgIpc) is 2.89. The zero-order valence-electron chi connectivity index (χ0n) is 10.8. The van der Waals surface area contributed by atoms with Crippen LogP contribution in [-0.4, -0.2) is 36.5 Å². The Hall–Kier alpha value is -1.26. The second-order valence-electron chi connectivity index (χ2n) is 4.65. The van der Waals surface area contributed by atoms with E-state index in [2.05, 4.69) is 0 Å². The zero-order chi connectivity index (χ0) is 13.7. The van der Waals surface area contributed by atoms with Gasteiger partial charge in [0.15, 0.2) is 0 Å². The summed E-state index contributed by atoms with van der Waals surface area (Å²) in [4.78, 5) is 13.9. The fraction of sp³-hybridized carbons (Fsp3) is 0.500. The minimum Gasteiger partial charge on any atom is -0.491 e. The fourth-order valence-corrected chi connectivity index (χ4v) is 2.55. The zero-order valence-corrected chi connectivity index (χ0v) is 11.6. The molecule has 0 bridgehead atoms. The lowest BCUT2D eigenvalue weighted by Gasteiger charge is -2.23. The first-order valence-electron chi connectivity index (χ1n) is 6.59. The van der Waals surface area contributed by atoms with Gasteiger partial charge in [-0.2, -0.15) is 0 Å². The molecule has 1 atom stereocenters. The second-order valence-corrected chi connectivity index (χ2v) is 5.05. The normalized spacial score (nSPS) is 18.6. The number of ether oxygens (including phenoxy) is 1. The Labute approximate surface area is 118 Å². The van der Waals surface area contributed by atoms with Gasteiger partial charge in [0.2, 0.25) is 5.91 Å². The van der Waals surface area contributed by atoms with Crippen molar-refractivity contribution in [2.45, 2.75) is 25.3 Å². The molecule has 0 aliphatic carbocycles. The summed E-state index contributed by atoms with van der Waals surface area (Å²) in [6, 6.07) is 7.46. The maximum atomic E-state index is 12.0.